The molecule has 3 nitrogen and oxygen atoms in total. The van der Waals surface area contributed by atoms with E-state index >= 15 is 0 Å². The molecule has 1 unspecified atom stereocenters. The van der Waals surface area contributed by atoms with Crippen LogP contribution < -0.4 is 0 Å². The van der Waals surface area contributed by atoms with Gasteiger partial charge in [-0.05, 0) is 35.4 Å². The zero-order chi connectivity index (χ0) is 13.1. The van der Waals surface area contributed by atoms with Crippen LogP contribution in [-0.2, 0) is 4.79 Å². The van der Waals surface area contributed by atoms with Crippen LogP contribution in [0.25, 0.3) is 0 Å². The molecule has 5 heteroatoms. The van der Waals surface area contributed by atoms with Crippen molar-refractivity contribution in [2.24, 2.45) is 0 Å². The second-order valence-corrected chi connectivity index (χ2v) is 4.40. The van der Waals surface area contributed by atoms with Gasteiger partial charge in [0.1, 0.15) is 5.82 Å². The first-order chi connectivity index (χ1) is 8.58. The Balaban J connectivity index is 2.46. The molecule has 2 N–H and O–H groups in total. The van der Waals surface area contributed by atoms with Gasteiger partial charge in [-0.25, -0.2) is 4.39 Å². The van der Waals surface area contributed by atoms with E-state index in [4.69, 9.17) is 16.7 Å². The molecule has 2 aromatic rings. The summed E-state index contributed by atoms with van der Waals surface area (Å²) in [7, 11) is 0. The second kappa shape index (κ2) is 5.23. The van der Waals surface area contributed by atoms with Crippen LogP contribution in [0.5, 0.6) is 0 Å². The normalized spacial score (nSPS) is 12.3. The van der Waals surface area contributed by atoms with Gasteiger partial charge in [0.25, 0.3) is 0 Å². The molecule has 0 aliphatic carbocycles. The highest BCUT2D eigenvalue weighted by molar-refractivity contribution is 6.30. The number of carboxylic acid groups (broad SMARTS) is 1. The number of aliphatic carboxylic acids is 1. The van der Waals surface area contributed by atoms with Crippen LogP contribution in [0.2, 0.25) is 5.02 Å². The molecule has 1 aromatic heterocycles. The fourth-order valence-corrected chi connectivity index (χ4v) is 2.10. The molecule has 0 radical (unpaired) electrons. The maximum atomic E-state index is 13.8. The topological polar surface area (TPSA) is 53.1 Å². The molecule has 1 atom stereocenters. The lowest BCUT2D eigenvalue weighted by Gasteiger charge is -2.15. The van der Waals surface area contributed by atoms with Crippen molar-refractivity contribution in [3.63, 3.8) is 0 Å². The van der Waals surface area contributed by atoms with Crippen LogP contribution in [0, 0.1) is 5.82 Å². The maximum absolute atomic E-state index is 13.8. The van der Waals surface area contributed by atoms with Gasteiger partial charge in [0.2, 0.25) is 0 Å². The molecular formula is C13H11ClFNO2. The minimum Gasteiger partial charge on any atom is -0.481 e. The predicted molar refractivity (Wildman–Crippen MR) is 66.3 cm³/mol. The van der Waals surface area contributed by atoms with Crippen LogP contribution in [0.4, 0.5) is 4.39 Å². The maximum Gasteiger partial charge on any atom is 0.304 e. The largest absolute Gasteiger partial charge is 0.481 e. The van der Waals surface area contributed by atoms with Gasteiger partial charge in [0, 0.05) is 23.3 Å². The van der Waals surface area contributed by atoms with Crippen LogP contribution in [0.1, 0.15) is 23.5 Å². The van der Waals surface area contributed by atoms with E-state index in [2.05, 4.69) is 4.98 Å². The van der Waals surface area contributed by atoms with E-state index in [0.29, 0.717) is 10.6 Å². The van der Waals surface area contributed by atoms with Gasteiger partial charge in [-0.3, -0.25) is 4.79 Å². The van der Waals surface area contributed by atoms with Crippen molar-refractivity contribution in [3.8, 4) is 0 Å². The molecule has 0 spiro atoms. The Morgan fingerprint density at radius 1 is 1.44 bits per heavy atom. The smallest absolute Gasteiger partial charge is 0.304 e. The second-order valence-electron chi connectivity index (χ2n) is 3.96. The van der Waals surface area contributed by atoms with Crippen LogP contribution in [0.15, 0.2) is 36.7 Å². The third kappa shape index (κ3) is 2.71. The van der Waals surface area contributed by atoms with Crippen molar-refractivity contribution in [2.75, 3.05) is 0 Å². The standard InChI is InChI=1S/C13H11ClFNO2/c14-9-1-2-12(15)11(5-9)10(6-13(17)18)8-3-4-16-7-8/h1-5,7,10,16H,6H2,(H,17,18). The number of nitrogens with one attached hydrogen (secondary N) is 1. The Labute approximate surface area is 108 Å². The number of aromatic amines is 1. The lowest BCUT2D eigenvalue weighted by atomic mass is 9.90. The molecule has 0 fully saturated rings. The first-order valence-electron chi connectivity index (χ1n) is 5.37. The van der Waals surface area contributed by atoms with Crippen molar-refractivity contribution in [2.45, 2.75) is 12.3 Å². The molecule has 0 aliphatic rings. The molecule has 1 aromatic carbocycles. The summed E-state index contributed by atoms with van der Waals surface area (Å²) in [5.41, 5.74) is 1.02. The van der Waals surface area contributed by atoms with E-state index in [9.17, 15) is 9.18 Å². The molecule has 0 saturated heterocycles. The summed E-state index contributed by atoms with van der Waals surface area (Å²) in [4.78, 5) is 13.7. The van der Waals surface area contributed by atoms with E-state index in [0.717, 1.165) is 5.56 Å². The summed E-state index contributed by atoms with van der Waals surface area (Å²) >= 11 is 5.84. The van der Waals surface area contributed by atoms with Crippen LogP contribution in [-0.4, -0.2) is 16.1 Å². The van der Waals surface area contributed by atoms with Gasteiger partial charge in [-0.1, -0.05) is 11.6 Å². The van der Waals surface area contributed by atoms with Crippen molar-refractivity contribution in [1.82, 2.24) is 4.98 Å². The van der Waals surface area contributed by atoms with Crippen molar-refractivity contribution in [1.29, 1.82) is 0 Å². The number of aromatic nitrogens is 1. The number of halogens is 2. The molecule has 94 valence electrons. The quantitative estimate of drug-likeness (QED) is 0.892. The fourth-order valence-electron chi connectivity index (χ4n) is 1.92. The third-order valence-electron chi connectivity index (χ3n) is 2.74. The van der Waals surface area contributed by atoms with Crippen LogP contribution in [0.3, 0.4) is 0 Å². The first-order valence-corrected chi connectivity index (χ1v) is 5.75. The van der Waals surface area contributed by atoms with E-state index in [-0.39, 0.29) is 6.42 Å². The molecule has 0 bridgehead atoms. The Morgan fingerprint density at radius 2 is 2.22 bits per heavy atom. The Morgan fingerprint density at radius 3 is 2.83 bits per heavy atom. The number of hydrogen-bond acceptors (Lipinski definition) is 1. The average Bonchev–Trinajstić information content (AvgIpc) is 2.82. The van der Waals surface area contributed by atoms with Crippen molar-refractivity contribution >= 4 is 17.6 Å². The molecule has 2 rings (SSSR count). The summed E-state index contributed by atoms with van der Waals surface area (Å²) in [6, 6.07) is 5.89. The zero-order valence-corrected chi connectivity index (χ0v) is 10.1. The number of H-pyrrole nitrogens is 1. The van der Waals surface area contributed by atoms with E-state index in [1.165, 1.54) is 18.2 Å². The lowest BCUT2D eigenvalue weighted by Crippen LogP contribution is -2.09. The Kier molecular flexibility index (Phi) is 3.67. The highest BCUT2D eigenvalue weighted by atomic mass is 35.5. The minimum absolute atomic E-state index is 0.185. The summed E-state index contributed by atoms with van der Waals surface area (Å²) in [5, 5.41) is 9.32. The average molecular weight is 268 g/mol. The Bertz CT molecular complexity index is 554. The zero-order valence-electron chi connectivity index (χ0n) is 9.36. The van der Waals surface area contributed by atoms with Gasteiger partial charge >= 0.3 is 5.97 Å². The summed E-state index contributed by atoms with van der Waals surface area (Å²) in [6.45, 7) is 0. The van der Waals surface area contributed by atoms with Crippen molar-refractivity contribution in [3.05, 3.63) is 58.6 Å². The van der Waals surface area contributed by atoms with Gasteiger partial charge < -0.3 is 10.1 Å². The minimum atomic E-state index is -0.986. The molecule has 1 heterocycles. The number of benzene rings is 1. The molecular weight excluding hydrogens is 257 g/mol. The predicted octanol–water partition coefficient (Wildman–Crippen LogP) is 3.41. The van der Waals surface area contributed by atoms with E-state index in [1.807, 2.05) is 0 Å². The van der Waals surface area contributed by atoms with E-state index < -0.39 is 17.7 Å². The van der Waals surface area contributed by atoms with Gasteiger partial charge in [-0.2, -0.15) is 0 Å². The fraction of sp³-hybridized carbons (Fsp3) is 0.154. The molecule has 0 aliphatic heterocycles. The van der Waals surface area contributed by atoms with E-state index in [1.54, 1.807) is 18.5 Å². The summed E-state index contributed by atoms with van der Waals surface area (Å²) in [6.07, 6.45) is 3.15. The summed E-state index contributed by atoms with van der Waals surface area (Å²) < 4.78 is 13.8. The first kappa shape index (κ1) is 12.6. The van der Waals surface area contributed by atoms with Crippen LogP contribution >= 0.6 is 11.6 Å². The monoisotopic (exact) mass is 267 g/mol. The molecule has 0 amide bonds. The van der Waals surface area contributed by atoms with Gasteiger partial charge in [0.15, 0.2) is 0 Å². The highest BCUT2D eigenvalue weighted by Crippen LogP contribution is 2.31. The Hall–Kier alpha value is -1.81. The SMILES string of the molecule is O=C(O)CC(c1cc[nH]c1)c1cc(Cl)ccc1F. The number of carboxylic acids is 1. The van der Waals surface area contributed by atoms with Gasteiger partial charge in [-0.15, -0.1) is 0 Å². The van der Waals surface area contributed by atoms with Gasteiger partial charge in [0.05, 0.1) is 6.42 Å². The highest BCUT2D eigenvalue weighted by Gasteiger charge is 2.21. The number of carbonyl (C=O) groups is 1. The number of rotatable bonds is 4. The lowest BCUT2D eigenvalue weighted by molar-refractivity contribution is -0.137. The molecule has 0 saturated carbocycles. The molecule has 18 heavy (non-hydrogen) atoms. The van der Waals surface area contributed by atoms with Crippen molar-refractivity contribution < 1.29 is 14.3 Å². The summed E-state index contributed by atoms with van der Waals surface area (Å²) in [5.74, 6) is -1.99. The number of hydrogen-bond donors (Lipinski definition) is 2. The third-order valence-corrected chi connectivity index (χ3v) is 2.97.